The third-order valence-corrected chi connectivity index (χ3v) is 3.19. The molecule has 0 radical (unpaired) electrons. The van der Waals surface area contributed by atoms with Crippen LogP contribution in [0.3, 0.4) is 0 Å². The first-order valence-corrected chi connectivity index (χ1v) is 6.68. The lowest BCUT2D eigenvalue weighted by molar-refractivity contribution is -0.277. The highest BCUT2D eigenvalue weighted by molar-refractivity contribution is 5.69. The van der Waals surface area contributed by atoms with Gasteiger partial charge in [-0.15, -0.1) is 0 Å². The van der Waals surface area contributed by atoms with Crippen LogP contribution in [0.4, 0.5) is 0 Å². The van der Waals surface area contributed by atoms with Gasteiger partial charge in [0.2, 0.25) is 6.29 Å². The molecule has 0 aliphatic carbocycles. The summed E-state index contributed by atoms with van der Waals surface area (Å²) in [6.45, 7) is 0.745. The second-order valence-corrected chi connectivity index (χ2v) is 4.88. The summed E-state index contributed by atoms with van der Waals surface area (Å²) >= 11 is 0. The van der Waals surface area contributed by atoms with E-state index < -0.39 is 43.3 Å². The van der Waals surface area contributed by atoms with Gasteiger partial charge in [-0.05, 0) is 24.3 Å². The van der Waals surface area contributed by atoms with Crippen molar-refractivity contribution in [1.82, 2.24) is 0 Å². The third-order valence-electron chi connectivity index (χ3n) is 3.19. The zero-order chi connectivity index (χ0) is 16.3. The summed E-state index contributed by atoms with van der Waals surface area (Å²) in [5.41, 5.74) is 0. The van der Waals surface area contributed by atoms with Gasteiger partial charge in [0, 0.05) is 6.92 Å². The van der Waals surface area contributed by atoms with Crippen LogP contribution in [0.15, 0.2) is 24.3 Å². The van der Waals surface area contributed by atoms with Gasteiger partial charge in [-0.25, -0.2) is 0 Å². The normalized spacial score (nSPS) is 31.6. The summed E-state index contributed by atoms with van der Waals surface area (Å²) in [4.78, 5) is 10.8. The second kappa shape index (κ2) is 7.03. The van der Waals surface area contributed by atoms with Crippen LogP contribution in [0.2, 0.25) is 0 Å². The van der Waals surface area contributed by atoms with E-state index in [0.717, 1.165) is 0 Å². The standard InChI is InChI=1S/C14H18O8/c1-7(16)20-8-2-4-9(5-3-8)21-14-13(19)12(18)11(17)10(6-15)22-14/h2-5,10-15,17-19H,6H2,1H3. The maximum Gasteiger partial charge on any atom is 0.308 e. The molecule has 5 atom stereocenters. The molecule has 0 amide bonds. The molecule has 1 aliphatic heterocycles. The molecule has 1 aliphatic rings. The van der Waals surface area contributed by atoms with Gasteiger partial charge in [0.05, 0.1) is 6.61 Å². The number of carbonyl (C=O) groups excluding carboxylic acids is 1. The zero-order valence-electron chi connectivity index (χ0n) is 11.8. The fraction of sp³-hybridized carbons (Fsp3) is 0.500. The first-order chi connectivity index (χ1) is 10.4. The summed E-state index contributed by atoms with van der Waals surface area (Å²) in [6, 6.07) is 5.95. The van der Waals surface area contributed by atoms with E-state index in [9.17, 15) is 20.1 Å². The molecule has 8 heteroatoms. The van der Waals surface area contributed by atoms with Gasteiger partial charge in [0.25, 0.3) is 0 Å². The van der Waals surface area contributed by atoms with Crippen LogP contribution in [0.5, 0.6) is 11.5 Å². The highest BCUT2D eigenvalue weighted by atomic mass is 16.7. The van der Waals surface area contributed by atoms with E-state index >= 15 is 0 Å². The highest BCUT2D eigenvalue weighted by Gasteiger charge is 2.44. The molecule has 1 saturated heterocycles. The summed E-state index contributed by atoms with van der Waals surface area (Å²) < 4.78 is 15.5. The van der Waals surface area contributed by atoms with E-state index in [1.807, 2.05) is 0 Å². The molecule has 0 bridgehead atoms. The van der Waals surface area contributed by atoms with Crippen molar-refractivity contribution in [2.75, 3.05) is 6.61 Å². The molecule has 22 heavy (non-hydrogen) atoms. The lowest BCUT2D eigenvalue weighted by Gasteiger charge is -2.39. The number of hydrogen-bond donors (Lipinski definition) is 4. The minimum Gasteiger partial charge on any atom is -0.462 e. The van der Waals surface area contributed by atoms with Gasteiger partial charge in [-0.1, -0.05) is 0 Å². The molecule has 5 unspecified atom stereocenters. The summed E-state index contributed by atoms with van der Waals surface area (Å²) in [5, 5.41) is 38.3. The molecule has 122 valence electrons. The Morgan fingerprint density at radius 1 is 1.09 bits per heavy atom. The largest absolute Gasteiger partial charge is 0.462 e. The third kappa shape index (κ3) is 3.73. The SMILES string of the molecule is CC(=O)Oc1ccc(OC2OC(CO)C(O)C(O)C2O)cc1. The number of rotatable bonds is 4. The smallest absolute Gasteiger partial charge is 0.308 e. The van der Waals surface area contributed by atoms with Gasteiger partial charge >= 0.3 is 5.97 Å². The van der Waals surface area contributed by atoms with E-state index in [-0.39, 0.29) is 0 Å². The average Bonchev–Trinajstić information content (AvgIpc) is 2.49. The number of aliphatic hydroxyl groups excluding tert-OH is 4. The average molecular weight is 314 g/mol. The lowest BCUT2D eigenvalue weighted by Crippen LogP contribution is -2.60. The minimum absolute atomic E-state index is 0.292. The Labute approximate surface area is 126 Å². The molecule has 2 rings (SSSR count). The number of carbonyl (C=O) groups is 1. The Hall–Kier alpha value is -1.71. The van der Waals surface area contributed by atoms with Crippen molar-refractivity contribution in [3.8, 4) is 11.5 Å². The highest BCUT2D eigenvalue weighted by Crippen LogP contribution is 2.25. The molecule has 1 aromatic rings. The van der Waals surface area contributed by atoms with Crippen LogP contribution in [-0.2, 0) is 9.53 Å². The van der Waals surface area contributed by atoms with Crippen molar-refractivity contribution in [2.45, 2.75) is 37.6 Å². The van der Waals surface area contributed by atoms with Crippen LogP contribution in [-0.4, -0.2) is 63.7 Å². The van der Waals surface area contributed by atoms with Crippen molar-refractivity contribution in [1.29, 1.82) is 0 Å². The Kier molecular flexibility index (Phi) is 5.33. The first-order valence-electron chi connectivity index (χ1n) is 6.68. The molecule has 0 aromatic heterocycles. The van der Waals surface area contributed by atoms with Crippen LogP contribution in [0, 0.1) is 0 Å². The molecule has 4 N–H and O–H groups in total. The van der Waals surface area contributed by atoms with Crippen molar-refractivity contribution in [3.63, 3.8) is 0 Å². The number of ether oxygens (including phenoxy) is 3. The fourth-order valence-corrected chi connectivity index (χ4v) is 2.05. The Morgan fingerprint density at radius 2 is 1.68 bits per heavy atom. The predicted octanol–water partition coefficient (Wildman–Crippen LogP) is -1.21. The molecule has 0 spiro atoms. The number of aliphatic hydroxyl groups is 4. The summed E-state index contributed by atoms with van der Waals surface area (Å²) in [5.74, 6) is 0.163. The molecule has 1 fully saturated rings. The van der Waals surface area contributed by atoms with E-state index in [2.05, 4.69) is 0 Å². The predicted molar refractivity (Wildman–Crippen MR) is 72.1 cm³/mol. The Bertz CT molecular complexity index is 500. The number of esters is 1. The molecule has 0 saturated carbocycles. The quantitative estimate of drug-likeness (QED) is 0.403. The second-order valence-electron chi connectivity index (χ2n) is 4.88. The van der Waals surface area contributed by atoms with Crippen LogP contribution < -0.4 is 9.47 Å². The molecular formula is C14H18O8. The van der Waals surface area contributed by atoms with Crippen LogP contribution in [0.25, 0.3) is 0 Å². The summed E-state index contributed by atoms with van der Waals surface area (Å²) in [7, 11) is 0. The van der Waals surface area contributed by atoms with Crippen molar-refractivity contribution >= 4 is 5.97 Å². The monoisotopic (exact) mass is 314 g/mol. The van der Waals surface area contributed by atoms with Crippen molar-refractivity contribution < 1.29 is 39.4 Å². The van der Waals surface area contributed by atoms with E-state index in [1.165, 1.54) is 31.2 Å². The minimum atomic E-state index is -1.50. The first kappa shape index (κ1) is 16.7. The maximum atomic E-state index is 10.8. The van der Waals surface area contributed by atoms with Crippen molar-refractivity contribution in [2.24, 2.45) is 0 Å². The Morgan fingerprint density at radius 3 is 2.23 bits per heavy atom. The number of benzene rings is 1. The van der Waals surface area contributed by atoms with E-state index in [1.54, 1.807) is 0 Å². The van der Waals surface area contributed by atoms with Gasteiger partial charge in [0.15, 0.2) is 0 Å². The summed E-state index contributed by atoms with van der Waals surface area (Å²) in [6.07, 6.45) is -6.72. The van der Waals surface area contributed by atoms with Gasteiger partial charge in [-0.3, -0.25) is 4.79 Å². The molecule has 1 heterocycles. The molecule has 1 aromatic carbocycles. The topological polar surface area (TPSA) is 126 Å². The van der Waals surface area contributed by atoms with Gasteiger partial charge in [-0.2, -0.15) is 0 Å². The lowest BCUT2D eigenvalue weighted by atomic mass is 9.99. The molecule has 8 nitrogen and oxygen atoms in total. The maximum absolute atomic E-state index is 10.8. The van der Waals surface area contributed by atoms with Crippen LogP contribution >= 0.6 is 0 Å². The molecular weight excluding hydrogens is 296 g/mol. The Balaban J connectivity index is 2.04. The van der Waals surface area contributed by atoms with Crippen LogP contribution in [0.1, 0.15) is 6.92 Å². The van der Waals surface area contributed by atoms with E-state index in [4.69, 9.17) is 19.3 Å². The zero-order valence-corrected chi connectivity index (χ0v) is 11.8. The van der Waals surface area contributed by atoms with Crippen molar-refractivity contribution in [3.05, 3.63) is 24.3 Å². The van der Waals surface area contributed by atoms with E-state index in [0.29, 0.717) is 11.5 Å². The van der Waals surface area contributed by atoms with Gasteiger partial charge < -0.3 is 34.6 Å². The number of hydrogen-bond acceptors (Lipinski definition) is 8. The van der Waals surface area contributed by atoms with Gasteiger partial charge in [0.1, 0.15) is 35.9 Å². The fourth-order valence-electron chi connectivity index (χ4n) is 2.05.